The molecule has 4 nitrogen and oxygen atoms in total. The van der Waals surface area contributed by atoms with Crippen molar-refractivity contribution in [3.63, 3.8) is 0 Å². The molecule has 1 aliphatic carbocycles. The zero-order valence-electron chi connectivity index (χ0n) is 14.3. The van der Waals surface area contributed by atoms with Crippen LogP contribution in [0, 0.1) is 0 Å². The summed E-state index contributed by atoms with van der Waals surface area (Å²) in [7, 11) is 2.08. The molecule has 2 aromatic heterocycles. The zero-order chi connectivity index (χ0) is 17.2. The maximum atomic E-state index is 12.8. The molecule has 5 heteroatoms. The maximum Gasteiger partial charge on any atom is 0.233 e. The van der Waals surface area contributed by atoms with Gasteiger partial charge in [-0.25, -0.2) is 0 Å². The molecule has 1 aliphatic rings. The molecular weight excluding hydrogens is 330 g/mol. The molecule has 0 atom stereocenters. The first kappa shape index (κ1) is 16.2. The molecule has 25 heavy (non-hydrogen) atoms. The molecular formula is C20H21N3OS. The van der Waals surface area contributed by atoms with Gasteiger partial charge in [0.2, 0.25) is 5.91 Å². The first-order valence-electron chi connectivity index (χ1n) is 8.58. The van der Waals surface area contributed by atoms with Crippen LogP contribution in [0.1, 0.15) is 18.5 Å². The predicted octanol–water partition coefficient (Wildman–Crippen LogP) is 3.86. The average Bonchev–Trinajstić information content (AvgIpc) is 3.44. The normalized spacial score (nSPS) is 14.0. The molecule has 4 rings (SSSR count). The van der Waals surface area contributed by atoms with Gasteiger partial charge in [0.05, 0.1) is 12.3 Å². The second-order valence-electron chi connectivity index (χ2n) is 6.48. The van der Waals surface area contributed by atoms with Crippen LogP contribution in [0.4, 0.5) is 0 Å². The van der Waals surface area contributed by atoms with E-state index in [4.69, 9.17) is 0 Å². The van der Waals surface area contributed by atoms with Crippen molar-refractivity contribution in [2.24, 2.45) is 7.05 Å². The number of aryl methyl sites for hydroxylation is 1. The Kier molecular flexibility index (Phi) is 4.49. The van der Waals surface area contributed by atoms with Crippen molar-refractivity contribution >= 4 is 28.6 Å². The monoisotopic (exact) mass is 351 g/mol. The van der Waals surface area contributed by atoms with E-state index in [-0.39, 0.29) is 5.91 Å². The number of hydrogen-bond acceptors (Lipinski definition) is 3. The molecule has 0 unspecified atom stereocenters. The van der Waals surface area contributed by atoms with E-state index in [0.717, 1.165) is 17.7 Å². The summed E-state index contributed by atoms with van der Waals surface area (Å²) in [6.45, 7) is 0.686. The minimum Gasteiger partial charge on any atom is -0.346 e. The number of rotatable bonds is 6. The highest BCUT2D eigenvalue weighted by Crippen LogP contribution is 2.31. The van der Waals surface area contributed by atoms with Crippen LogP contribution in [0.5, 0.6) is 0 Å². The van der Waals surface area contributed by atoms with Crippen molar-refractivity contribution in [1.29, 1.82) is 0 Å². The smallest absolute Gasteiger partial charge is 0.233 e. The lowest BCUT2D eigenvalue weighted by Gasteiger charge is -2.22. The van der Waals surface area contributed by atoms with E-state index in [1.54, 1.807) is 24.2 Å². The first-order chi connectivity index (χ1) is 12.2. The third kappa shape index (κ3) is 3.56. The lowest BCUT2D eigenvalue weighted by atomic mass is 10.2. The van der Waals surface area contributed by atoms with Gasteiger partial charge in [0.15, 0.2) is 0 Å². The van der Waals surface area contributed by atoms with Crippen LogP contribution < -0.4 is 0 Å². The molecule has 0 bridgehead atoms. The fraction of sp³-hybridized carbons (Fsp3) is 0.300. The van der Waals surface area contributed by atoms with Crippen LogP contribution in [0.2, 0.25) is 0 Å². The van der Waals surface area contributed by atoms with Crippen LogP contribution >= 0.6 is 11.8 Å². The van der Waals surface area contributed by atoms with Crippen molar-refractivity contribution in [3.05, 3.63) is 60.6 Å². The number of aromatic nitrogens is 2. The molecule has 0 aliphatic heterocycles. The van der Waals surface area contributed by atoms with Gasteiger partial charge in [-0.2, -0.15) is 0 Å². The van der Waals surface area contributed by atoms with Gasteiger partial charge in [-0.3, -0.25) is 9.78 Å². The highest BCUT2D eigenvalue weighted by Gasteiger charge is 2.33. The Morgan fingerprint density at radius 1 is 1.24 bits per heavy atom. The Morgan fingerprint density at radius 2 is 2.00 bits per heavy atom. The highest BCUT2D eigenvalue weighted by molar-refractivity contribution is 8.00. The van der Waals surface area contributed by atoms with E-state index in [9.17, 15) is 4.79 Å². The quantitative estimate of drug-likeness (QED) is 0.633. The summed E-state index contributed by atoms with van der Waals surface area (Å²) in [5.74, 6) is 0.694. The molecule has 1 saturated carbocycles. The van der Waals surface area contributed by atoms with Crippen molar-refractivity contribution in [2.75, 3.05) is 5.75 Å². The highest BCUT2D eigenvalue weighted by atomic mass is 32.2. The standard InChI is InChI=1S/C20H21N3OS/c1-22-17(12-15-4-2-3-5-19(15)22)13-23(16-6-7-16)20(24)14-25-18-8-10-21-11-9-18/h2-5,8-12,16H,6-7,13-14H2,1H3. The van der Waals surface area contributed by atoms with Crippen molar-refractivity contribution in [3.8, 4) is 0 Å². The summed E-state index contributed by atoms with van der Waals surface area (Å²) in [5, 5.41) is 1.23. The number of carbonyl (C=O) groups excluding carboxylic acids is 1. The molecule has 1 aromatic carbocycles. The Morgan fingerprint density at radius 3 is 2.72 bits per heavy atom. The predicted molar refractivity (Wildman–Crippen MR) is 101 cm³/mol. The molecule has 1 fully saturated rings. The third-order valence-corrected chi connectivity index (χ3v) is 5.70. The number of pyridine rings is 1. The van der Waals surface area contributed by atoms with Gasteiger partial charge >= 0.3 is 0 Å². The van der Waals surface area contributed by atoms with Gasteiger partial charge in [0.25, 0.3) is 0 Å². The number of para-hydroxylation sites is 1. The summed E-state index contributed by atoms with van der Waals surface area (Å²) < 4.78 is 2.20. The topological polar surface area (TPSA) is 38.1 Å². The molecule has 2 heterocycles. The lowest BCUT2D eigenvalue weighted by Crippen LogP contribution is -2.34. The van der Waals surface area contributed by atoms with Crippen LogP contribution in [0.3, 0.4) is 0 Å². The average molecular weight is 351 g/mol. The summed E-state index contributed by atoms with van der Waals surface area (Å²) in [4.78, 5) is 20.0. The molecule has 128 valence electrons. The summed E-state index contributed by atoms with van der Waals surface area (Å²) in [5.41, 5.74) is 2.40. The van der Waals surface area contributed by atoms with Crippen LogP contribution in [-0.2, 0) is 18.4 Å². The summed E-state index contributed by atoms with van der Waals surface area (Å²) in [6, 6.07) is 14.9. The Bertz CT molecular complexity index is 886. The SMILES string of the molecule is Cn1c(CN(C(=O)CSc2ccncc2)C2CC2)cc2ccccc21. The largest absolute Gasteiger partial charge is 0.346 e. The van der Waals surface area contributed by atoms with E-state index in [1.807, 2.05) is 12.1 Å². The maximum absolute atomic E-state index is 12.8. The van der Waals surface area contributed by atoms with Gasteiger partial charge in [-0.05, 0) is 42.5 Å². The van der Waals surface area contributed by atoms with E-state index < -0.39 is 0 Å². The van der Waals surface area contributed by atoms with Gasteiger partial charge in [-0.15, -0.1) is 11.8 Å². The van der Waals surface area contributed by atoms with E-state index in [1.165, 1.54) is 16.6 Å². The van der Waals surface area contributed by atoms with Gasteiger partial charge in [0, 0.05) is 41.6 Å². The Hall–Kier alpha value is -2.27. The molecule has 0 radical (unpaired) electrons. The molecule has 1 amide bonds. The number of thioether (sulfide) groups is 1. The number of fused-ring (bicyclic) bond motifs is 1. The Labute approximate surface area is 151 Å². The number of benzene rings is 1. The van der Waals surface area contributed by atoms with Crippen LogP contribution in [0.25, 0.3) is 10.9 Å². The summed E-state index contributed by atoms with van der Waals surface area (Å²) in [6.07, 6.45) is 5.77. The fourth-order valence-corrected chi connectivity index (χ4v) is 3.91. The van der Waals surface area contributed by atoms with Gasteiger partial charge < -0.3 is 9.47 Å². The second-order valence-corrected chi connectivity index (χ2v) is 7.53. The summed E-state index contributed by atoms with van der Waals surface area (Å²) >= 11 is 1.58. The molecule has 0 saturated heterocycles. The minimum absolute atomic E-state index is 0.217. The van der Waals surface area contributed by atoms with Crippen LogP contribution in [0.15, 0.2) is 59.8 Å². The number of hydrogen-bond donors (Lipinski definition) is 0. The molecule has 3 aromatic rings. The lowest BCUT2D eigenvalue weighted by molar-refractivity contribution is -0.129. The van der Waals surface area contributed by atoms with Crippen LogP contribution in [-0.4, -0.2) is 32.2 Å². The second kappa shape index (κ2) is 6.92. The molecule has 0 spiro atoms. The fourth-order valence-electron chi connectivity index (χ4n) is 3.14. The van der Waals surface area contributed by atoms with Crippen molar-refractivity contribution in [2.45, 2.75) is 30.3 Å². The number of carbonyl (C=O) groups is 1. The Balaban J connectivity index is 1.49. The number of amides is 1. The van der Waals surface area contributed by atoms with Crippen molar-refractivity contribution in [1.82, 2.24) is 14.5 Å². The van der Waals surface area contributed by atoms with Gasteiger partial charge in [0.1, 0.15) is 0 Å². The zero-order valence-corrected chi connectivity index (χ0v) is 15.1. The minimum atomic E-state index is 0.217. The van der Waals surface area contributed by atoms with Gasteiger partial charge in [-0.1, -0.05) is 18.2 Å². The first-order valence-corrected chi connectivity index (χ1v) is 9.56. The van der Waals surface area contributed by atoms with E-state index in [2.05, 4.69) is 51.8 Å². The number of nitrogens with zero attached hydrogens (tertiary/aromatic N) is 3. The van der Waals surface area contributed by atoms with Crippen molar-refractivity contribution < 1.29 is 4.79 Å². The molecule has 0 N–H and O–H groups in total. The van der Waals surface area contributed by atoms with E-state index >= 15 is 0 Å². The van der Waals surface area contributed by atoms with E-state index in [0.29, 0.717) is 18.3 Å². The third-order valence-electron chi connectivity index (χ3n) is 4.70.